The predicted octanol–water partition coefficient (Wildman–Crippen LogP) is 3.67. The summed E-state index contributed by atoms with van der Waals surface area (Å²) in [5.74, 6) is -0.649. The highest BCUT2D eigenvalue weighted by Crippen LogP contribution is 2.18. The first-order valence-electron chi connectivity index (χ1n) is 6.62. The van der Waals surface area contributed by atoms with E-state index in [1.54, 1.807) is 48.5 Å². The van der Waals surface area contributed by atoms with Gasteiger partial charge in [0.1, 0.15) is 5.51 Å². The van der Waals surface area contributed by atoms with Crippen molar-refractivity contribution in [1.29, 1.82) is 0 Å². The molecular formula is C16H10ClN3O2S. The van der Waals surface area contributed by atoms with Crippen molar-refractivity contribution in [3.05, 3.63) is 75.8 Å². The number of carbonyl (C=O) groups excluding carboxylic acids is 2. The Bertz CT molecular complexity index is 848. The number of hydrogen-bond donors (Lipinski definition) is 1. The molecule has 1 aromatic heterocycles. The zero-order valence-electron chi connectivity index (χ0n) is 11.7. The quantitative estimate of drug-likeness (QED) is 0.733. The Morgan fingerprint density at radius 3 is 2.35 bits per heavy atom. The second-order valence-electron chi connectivity index (χ2n) is 4.58. The SMILES string of the molecule is O=C(Nc1nncs1)c1ccccc1C(=O)c1ccc(Cl)cc1. The number of carbonyl (C=O) groups is 2. The van der Waals surface area contributed by atoms with Gasteiger partial charge < -0.3 is 0 Å². The Labute approximate surface area is 140 Å². The van der Waals surface area contributed by atoms with E-state index in [1.807, 2.05) is 0 Å². The zero-order valence-corrected chi connectivity index (χ0v) is 13.3. The molecule has 114 valence electrons. The Kier molecular flexibility index (Phi) is 4.45. The highest BCUT2D eigenvalue weighted by Gasteiger charge is 2.18. The number of nitrogens with one attached hydrogen (secondary N) is 1. The molecule has 0 aliphatic carbocycles. The molecule has 0 atom stereocenters. The third-order valence-corrected chi connectivity index (χ3v) is 3.96. The van der Waals surface area contributed by atoms with Gasteiger partial charge in [0, 0.05) is 16.1 Å². The maximum atomic E-state index is 12.6. The normalized spacial score (nSPS) is 10.3. The molecule has 0 radical (unpaired) electrons. The van der Waals surface area contributed by atoms with Crippen molar-refractivity contribution in [3.63, 3.8) is 0 Å². The largest absolute Gasteiger partial charge is 0.296 e. The Morgan fingerprint density at radius 2 is 1.70 bits per heavy atom. The van der Waals surface area contributed by atoms with Crippen molar-refractivity contribution in [2.75, 3.05) is 5.32 Å². The van der Waals surface area contributed by atoms with Gasteiger partial charge in [-0.3, -0.25) is 14.9 Å². The second kappa shape index (κ2) is 6.68. The highest BCUT2D eigenvalue weighted by atomic mass is 35.5. The molecule has 3 rings (SSSR count). The van der Waals surface area contributed by atoms with Gasteiger partial charge in [-0.25, -0.2) is 0 Å². The first kappa shape index (κ1) is 15.3. The smallest absolute Gasteiger partial charge is 0.258 e. The van der Waals surface area contributed by atoms with Crippen LogP contribution in [0.15, 0.2) is 54.0 Å². The Balaban J connectivity index is 1.92. The van der Waals surface area contributed by atoms with Gasteiger partial charge in [-0.15, -0.1) is 10.2 Å². The predicted molar refractivity (Wildman–Crippen MR) is 89.2 cm³/mol. The van der Waals surface area contributed by atoms with Gasteiger partial charge in [-0.2, -0.15) is 0 Å². The third-order valence-electron chi connectivity index (χ3n) is 3.10. The molecule has 7 heteroatoms. The van der Waals surface area contributed by atoms with Gasteiger partial charge in [0.15, 0.2) is 5.78 Å². The van der Waals surface area contributed by atoms with E-state index in [0.717, 1.165) is 0 Å². The van der Waals surface area contributed by atoms with E-state index in [9.17, 15) is 9.59 Å². The Morgan fingerprint density at radius 1 is 1.00 bits per heavy atom. The number of benzene rings is 2. The molecule has 0 aliphatic heterocycles. The van der Waals surface area contributed by atoms with Crippen molar-refractivity contribution in [3.8, 4) is 0 Å². The summed E-state index contributed by atoms with van der Waals surface area (Å²) in [7, 11) is 0. The van der Waals surface area contributed by atoms with Crippen molar-refractivity contribution in [1.82, 2.24) is 10.2 Å². The van der Waals surface area contributed by atoms with Gasteiger partial charge in [-0.1, -0.05) is 41.1 Å². The lowest BCUT2D eigenvalue weighted by Gasteiger charge is -2.08. The molecular weight excluding hydrogens is 334 g/mol. The molecule has 1 amide bonds. The fourth-order valence-electron chi connectivity index (χ4n) is 2.03. The summed E-state index contributed by atoms with van der Waals surface area (Å²) < 4.78 is 0. The molecule has 2 aromatic carbocycles. The van der Waals surface area contributed by atoms with Crippen LogP contribution in [0.3, 0.4) is 0 Å². The van der Waals surface area contributed by atoms with Gasteiger partial charge in [-0.05, 0) is 30.3 Å². The first-order chi connectivity index (χ1) is 11.1. The summed E-state index contributed by atoms with van der Waals surface area (Å²) in [4.78, 5) is 25.0. The van der Waals surface area contributed by atoms with E-state index in [1.165, 1.54) is 16.8 Å². The second-order valence-corrected chi connectivity index (χ2v) is 5.85. The molecule has 1 heterocycles. The van der Waals surface area contributed by atoms with Crippen molar-refractivity contribution < 1.29 is 9.59 Å². The van der Waals surface area contributed by atoms with E-state index >= 15 is 0 Å². The summed E-state index contributed by atoms with van der Waals surface area (Å²) >= 11 is 7.04. The monoisotopic (exact) mass is 343 g/mol. The molecule has 23 heavy (non-hydrogen) atoms. The summed E-state index contributed by atoms with van der Waals surface area (Å²) in [6.45, 7) is 0. The molecule has 0 bridgehead atoms. The summed E-state index contributed by atoms with van der Waals surface area (Å²) in [5.41, 5.74) is 2.57. The first-order valence-corrected chi connectivity index (χ1v) is 7.88. The van der Waals surface area contributed by atoms with Crippen molar-refractivity contribution in [2.45, 2.75) is 0 Å². The van der Waals surface area contributed by atoms with Crippen LogP contribution in [0.5, 0.6) is 0 Å². The molecule has 0 fully saturated rings. The summed E-state index contributed by atoms with van der Waals surface area (Å²) in [6, 6.07) is 13.2. The van der Waals surface area contributed by atoms with Crippen LogP contribution in [0.1, 0.15) is 26.3 Å². The van der Waals surface area contributed by atoms with E-state index in [2.05, 4.69) is 15.5 Å². The van der Waals surface area contributed by atoms with Crippen molar-refractivity contribution in [2.24, 2.45) is 0 Å². The van der Waals surface area contributed by atoms with E-state index in [0.29, 0.717) is 21.3 Å². The number of nitrogens with zero attached hydrogens (tertiary/aromatic N) is 2. The Hall–Kier alpha value is -2.57. The average Bonchev–Trinajstić information content (AvgIpc) is 3.08. The van der Waals surface area contributed by atoms with Crippen LogP contribution in [-0.4, -0.2) is 21.9 Å². The summed E-state index contributed by atoms with van der Waals surface area (Å²) in [5, 5.41) is 11.0. The summed E-state index contributed by atoms with van der Waals surface area (Å²) in [6.07, 6.45) is 0. The average molecular weight is 344 g/mol. The molecule has 1 N–H and O–H groups in total. The van der Waals surface area contributed by atoms with Crippen LogP contribution in [0, 0.1) is 0 Å². The fraction of sp³-hybridized carbons (Fsp3) is 0. The van der Waals surface area contributed by atoms with E-state index in [4.69, 9.17) is 11.6 Å². The van der Waals surface area contributed by atoms with E-state index in [-0.39, 0.29) is 11.3 Å². The van der Waals surface area contributed by atoms with E-state index < -0.39 is 5.91 Å². The zero-order chi connectivity index (χ0) is 16.2. The number of rotatable bonds is 4. The third kappa shape index (κ3) is 3.44. The highest BCUT2D eigenvalue weighted by molar-refractivity contribution is 7.13. The van der Waals surface area contributed by atoms with Crippen LogP contribution in [0.4, 0.5) is 5.13 Å². The molecule has 0 saturated carbocycles. The minimum atomic E-state index is -0.403. The standard InChI is InChI=1S/C16H10ClN3O2S/c17-11-7-5-10(6-8-11)14(21)12-3-1-2-4-13(12)15(22)19-16-20-18-9-23-16/h1-9H,(H,19,20,22). The minimum absolute atomic E-state index is 0.246. The molecule has 0 aliphatic rings. The van der Waals surface area contributed by atoms with Gasteiger partial charge in [0.25, 0.3) is 5.91 Å². The molecule has 3 aromatic rings. The lowest BCUT2D eigenvalue weighted by Crippen LogP contribution is -2.16. The van der Waals surface area contributed by atoms with Gasteiger partial charge >= 0.3 is 0 Å². The maximum Gasteiger partial charge on any atom is 0.258 e. The fourth-order valence-corrected chi connectivity index (χ4v) is 2.59. The number of anilines is 1. The number of hydrogen-bond acceptors (Lipinski definition) is 5. The van der Waals surface area contributed by atoms with Crippen LogP contribution in [0.25, 0.3) is 0 Å². The molecule has 0 saturated heterocycles. The number of aromatic nitrogens is 2. The topological polar surface area (TPSA) is 72.0 Å². The molecule has 0 spiro atoms. The molecule has 0 unspecified atom stereocenters. The van der Waals surface area contributed by atoms with Crippen LogP contribution in [0.2, 0.25) is 5.02 Å². The van der Waals surface area contributed by atoms with Crippen LogP contribution in [-0.2, 0) is 0 Å². The molecule has 5 nitrogen and oxygen atoms in total. The lowest BCUT2D eigenvalue weighted by molar-refractivity contribution is 0.0996. The van der Waals surface area contributed by atoms with Gasteiger partial charge in [0.2, 0.25) is 5.13 Å². The number of halogens is 1. The number of amides is 1. The van der Waals surface area contributed by atoms with Gasteiger partial charge in [0.05, 0.1) is 5.56 Å². The van der Waals surface area contributed by atoms with Crippen LogP contribution < -0.4 is 5.32 Å². The lowest BCUT2D eigenvalue weighted by atomic mass is 9.98. The maximum absolute atomic E-state index is 12.6. The minimum Gasteiger partial charge on any atom is -0.296 e. The van der Waals surface area contributed by atoms with Crippen molar-refractivity contribution >= 4 is 39.8 Å². The van der Waals surface area contributed by atoms with Crippen LogP contribution >= 0.6 is 22.9 Å². The number of ketones is 1.